The highest BCUT2D eigenvalue weighted by molar-refractivity contribution is 7.08. The zero-order chi connectivity index (χ0) is 10.5. The standard InChI is InChI=1S/C12H12N2S/c1-10-4-2-3-5-12(10)14-13-8-11-6-7-15-9-11/h2-9,14H,1H3/b13-8+. The lowest BCUT2D eigenvalue weighted by atomic mass is 10.2. The molecular weight excluding hydrogens is 204 g/mol. The first-order chi connectivity index (χ1) is 7.36. The molecule has 0 bridgehead atoms. The summed E-state index contributed by atoms with van der Waals surface area (Å²) in [4.78, 5) is 0. The quantitative estimate of drug-likeness (QED) is 0.616. The van der Waals surface area contributed by atoms with E-state index in [-0.39, 0.29) is 0 Å². The first-order valence-electron chi connectivity index (χ1n) is 4.73. The minimum atomic E-state index is 1.05. The van der Waals surface area contributed by atoms with Gasteiger partial charge in [-0.1, -0.05) is 18.2 Å². The summed E-state index contributed by atoms with van der Waals surface area (Å²) in [5.41, 5.74) is 6.39. The first kappa shape index (κ1) is 9.93. The van der Waals surface area contributed by atoms with Gasteiger partial charge in [0.2, 0.25) is 0 Å². The van der Waals surface area contributed by atoms with Gasteiger partial charge in [-0.2, -0.15) is 16.4 Å². The smallest absolute Gasteiger partial charge is 0.0590 e. The molecule has 1 aromatic heterocycles. The number of hydrogen-bond acceptors (Lipinski definition) is 3. The molecule has 1 N–H and O–H groups in total. The van der Waals surface area contributed by atoms with Crippen LogP contribution < -0.4 is 5.43 Å². The van der Waals surface area contributed by atoms with Crippen molar-refractivity contribution in [3.8, 4) is 0 Å². The third-order valence-electron chi connectivity index (χ3n) is 2.09. The monoisotopic (exact) mass is 216 g/mol. The summed E-state index contributed by atoms with van der Waals surface area (Å²) in [6.07, 6.45) is 1.82. The molecule has 0 aliphatic rings. The SMILES string of the molecule is Cc1ccccc1N/N=C/c1ccsc1. The highest BCUT2D eigenvalue weighted by atomic mass is 32.1. The Bertz CT molecular complexity index is 446. The molecule has 0 amide bonds. The Hall–Kier alpha value is -1.61. The number of nitrogens with one attached hydrogen (secondary N) is 1. The molecule has 2 nitrogen and oxygen atoms in total. The third-order valence-corrected chi connectivity index (χ3v) is 2.79. The normalized spacial score (nSPS) is 10.7. The molecule has 0 radical (unpaired) electrons. The highest BCUT2D eigenvalue weighted by Gasteiger charge is 1.92. The molecule has 0 saturated heterocycles. The van der Waals surface area contributed by atoms with Crippen LogP contribution in [0.2, 0.25) is 0 Å². The van der Waals surface area contributed by atoms with Crippen molar-refractivity contribution in [2.75, 3.05) is 5.43 Å². The van der Waals surface area contributed by atoms with Crippen molar-refractivity contribution in [1.29, 1.82) is 0 Å². The summed E-state index contributed by atoms with van der Waals surface area (Å²) >= 11 is 1.67. The fourth-order valence-electron chi connectivity index (χ4n) is 1.22. The van der Waals surface area contributed by atoms with Crippen LogP contribution in [0.25, 0.3) is 0 Å². The molecule has 0 atom stereocenters. The zero-order valence-corrected chi connectivity index (χ0v) is 9.29. The van der Waals surface area contributed by atoms with Crippen LogP contribution in [-0.4, -0.2) is 6.21 Å². The van der Waals surface area contributed by atoms with Gasteiger partial charge in [0.05, 0.1) is 11.9 Å². The number of thiophene rings is 1. The Kier molecular flexibility index (Phi) is 3.15. The second-order valence-corrected chi connectivity index (χ2v) is 4.02. The summed E-state index contributed by atoms with van der Waals surface area (Å²) < 4.78 is 0. The van der Waals surface area contributed by atoms with Gasteiger partial charge in [-0.25, -0.2) is 0 Å². The van der Waals surface area contributed by atoms with Gasteiger partial charge in [-0.05, 0) is 35.4 Å². The average Bonchev–Trinajstić information content (AvgIpc) is 2.74. The Labute approximate surface area is 93.3 Å². The van der Waals surface area contributed by atoms with E-state index in [1.54, 1.807) is 11.3 Å². The van der Waals surface area contributed by atoms with Gasteiger partial charge in [0.15, 0.2) is 0 Å². The van der Waals surface area contributed by atoms with Crippen molar-refractivity contribution in [2.45, 2.75) is 6.92 Å². The number of nitrogens with zero attached hydrogens (tertiary/aromatic N) is 1. The van der Waals surface area contributed by atoms with Gasteiger partial charge in [0.1, 0.15) is 0 Å². The summed E-state index contributed by atoms with van der Waals surface area (Å²) in [6, 6.07) is 10.1. The number of para-hydroxylation sites is 1. The molecule has 0 fully saturated rings. The molecule has 2 aromatic rings. The third kappa shape index (κ3) is 2.67. The molecule has 0 spiro atoms. The maximum absolute atomic E-state index is 4.18. The molecule has 0 aliphatic heterocycles. The van der Waals surface area contributed by atoms with Gasteiger partial charge >= 0.3 is 0 Å². The number of benzene rings is 1. The molecule has 0 unspecified atom stereocenters. The Morgan fingerprint density at radius 1 is 1.27 bits per heavy atom. The molecule has 15 heavy (non-hydrogen) atoms. The largest absolute Gasteiger partial charge is 0.278 e. The van der Waals surface area contributed by atoms with E-state index in [0.717, 1.165) is 11.3 Å². The Balaban J connectivity index is 2.02. The molecular formula is C12H12N2S. The Morgan fingerprint density at radius 2 is 2.13 bits per heavy atom. The predicted molar refractivity (Wildman–Crippen MR) is 66.7 cm³/mol. The highest BCUT2D eigenvalue weighted by Crippen LogP contribution is 2.12. The summed E-state index contributed by atoms with van der Waals surface area (Å²) in [7, 11) is 0. The average molecular weight is 216 g/mol. The van der Waals surface area contributed by atoms with E-state index in [1.807, 2.05) is 35.9 Å². The number of hydrazone groups is 1. The van der Waals surface area contributed by atoms with Crippen molar-refractivity contribution in [1.82, 2.24) is 0 Å². The lowest BCUT2D eigenvalue weighted by Crippen LogP contribution is -1.91. The summed E-state index contributed by atoms with van der Waals surface area (Å²) in [5.74, 6) is 0. The maximum Gasteiger partial charge on any atom is 0.0590 e. The van der Waals surface area contributed by atoms with Crippen LogP contribution in [0, 0.1) is 6.92 Å². The fourth-order valence-corrected chi connectivity index (χ4v) is 1.83. The lowest BCUT2D eigenvalue weighted by Gasteiger charge is -2.02. The van der Waals surface area contributed by atoms with Gasteiger partial charge in [0, 0.05) is 5.56 Å². The van der Waals surface area contributed by atoms with E-state index >= 15 is 0 Å². The molecule has 76 valence electrons. The van der Waals surface area contributed by atoms with Crippen molar-refractivity contribution in [3.63, 3.8) is 0 Å². The summed E-state index contributed by atoms with van der Waals surface area (Å²) in [6.45, 7) is 2.06. The lowest BCUT2D eigenvalue weighted by molar-refractivity contribution is 1.31. The van der Waals surface area contributed by atoms with Gasteiger partial charge in [0.25, 0.3) is 0 Å². The maximum atomic E-state index is 4.18. The molecule has 0 aliphatic carbocycles. The van der Waals surface area contributed by atoms with Crippen LogP contribution >= 0.6 is 11.3 Å². The van der Waals surface area contributed by atoms with Gasteiger partial charge in [-0.3, -0.25) is 5.43 Å². The number of hydrogen-bond donors (Lipinski definition) is 1. The second-order valence-electron chi connectivity index (χ2n) is 3.24. The van der Waals surface area contributed by atoms with Crippen LogP contribution in [0.1, 0.15) is 11.1 Å². The summed E-state index contributed by atoms with van der Waals surface area (Å²) in [5, 5.41) is 8.27. The first-order valence-corrected chi connectivity index (χ1v) is 5.67. The van der Waals surface area contributed by atoms with Gasteiger partial charge in [-0.15, -0.1) is 0 Å². The molecule has 1 aromatic carbocycles. The minimum absolute atomic E-state index is 1.05. The van der Waals surface area contributed by atoms with E-state index in [0.29, 0.717) is 0 Å². The minimum Gasteiger partial charge on any atom is -0.278 e. The number of anilines is 1. The van der Waals surface area contributed by atoms with Crippen LogP contribution in [-0.2, 0) is 0 Å². The van der Waals surface area contributed by atoms with E-state index in [9.17, 15) is 0 Å². The zero-order valence-electron chi connectivity index (χ0n) is 8.47. The Morgan fingerprint density at radius 3 is 2.87 bits per heavy atom. The predicted octanol–water partition coefficient (Wildman–Crippen LogP) is 3.50. The van der Waals surface area contributed by atoms with Crippen molar-refractivity contribution >= 4 is 23.2 Å². The second kappa shape index (κ2) is 4.75. The van der Waals surface area contributed by atoms with Crippen molar-refractivity contribution in [2.24, 2.45) is 5.10 Å². The van der Waals surface area contributed by atoms with E-state index in [2.05, 4.69) is 28.9 Å². The number of aryl methyl sites for hydroxylation is 1. The molecule has 2 rings (SSSR count). The molecule has 3 heteroatoms. The van der Waals surface area contributed by atoms with Crippen LogP contribution in [0.15, 0.2) is 46.2 Å². The van der Waals surface area contributed by atoms with Crippen LogP contribution in [0.5, 0.6) is 0 Å². The fraction of sp³-hybridized carbons (Fsp3) is 0.0833. The topological polar surface area (TPSA) is 24.4 Å². The van der Waals surface area contributed by atoms with Crippen LogP contribution in [0.4, 0.5) is 5.69 Å². The van der Waals surface area contributed by atoms with Crippen molar-refractivity contribution < 1.29 is 0 Å². The van der Waals surface area contributed by atoms with Crippen molar-refractivity contribution in [3.05, 3.63) is 52.2 Å². The van der Waals surface area contributed by atoms with E-state index in [4.69, 9.17) is 0 Å². The van der Waals surface area contributed by atoms with Crippen LogP contribution in [0.3, 0.4) is 0 Å². The molecule has 0 saturated carbocycles. The molecule has 1 heterocycles. The van der Waals surface area contributed by atoms with E-state index in [1.165, 1.54) is 5.56 Å². The number of rotatable bonds is 3. The van der Waals surface area contributed by atoms with E-state index < -0.39 is 0 Å². The van der Waals surface area contributed by atoms with Gasteiger partial charge < -0.3 is 0 Å².